The molecule has 1 aliphatic heterocycles. The number of hydrogen-bond acceptors (Lipinski definition) is 3. The van der Waals surface area contributed by atoms with Crippen molar-refractivity contribution in [1.82, 2.24) is 4.90 Å². The fraction of sp³-hybridized carbons (Fsp3) is 0.611. The molecule has 1 fully saturated rings. The Balaban J connectivity index is 1.92. The lowest BCUT2D eigenvalue weighted by molar-refractivity contribution is -0.116. The first kappa shape index (κ1) is 16.8. The van der Waals surface area contributed by atoms with Crippen LogP contribution in [0.5, 0.6) is 5.75 Å². The zero-order valence-corrected chi connectivity index (χ0v) is 14.0. The molecule has 0 radical (unpaired) electrons. The standard InChI is InChI=1S/C18H28N2O2/c1-18(2,3)14-11-15(13-16(21)12-14)19-17(22)7-10-20-8-5-4-6-9-20/h11-13,21H,4-10H2,1-3H3,(H,19,22). The van der Waals surface area contributed by atoms with Crippen LogP contribution in [-0.2, 0) is 10.2 Å². The minimum Gasteiger partial charge on any atom is -0.508 e. The number of piperidine rings is 1. The number of benzene rings is 1. The SMILES string of the molecule is CC(C)(C)c1cc(O)cc(NC(=O)CCN2CCCCC2)c1. The van der Waals surface area contributed by atoms with Gasteiger partial charge in [0.1, 0.15) is 5.75 Å². The fourth-order valence-electron chi connectivity index (χ4n) is 2.78. The molecule has 0 saturated carbocycles. The third-order valence-electron chi connectivity index (χ3n) is 4.17. The van der Waals surface area contributed by atoms with Gasteiger partial charge in [0.2, 0.25) is 5.91 Å². The predicted molar refractivity (Wildman–Crippen MR) is 90.3 cm³/mol. The van der Waals surface area contributed by atoms with Crippen molar-refractivity contribution < 1.29 is 9.90 Å². The first-order valence-corrected chi connectivity index (χ1v) is 8.21. The second kappa shape index (κ2) is 7.14. The first-order valence-electron chi connectivity index (χ1n) is 8.21. The summed E-state index contributed by atoms with van der Waals surface area (Å²) in [7, 11) is 0. The van der Waals surface area contributed by atoms with E-state index in [9.17, 15) is 9.90 Å². The summed E-state index contributed by atoms with van der Waals surface area (Å²) in [6.45, 7) is 9.29. The summed E-state index contributed by atoms with van der Waals surface area (Å²) < 4.78 is 0. The van der Waals surface area contributed by atoms with E-state index in [-0.39, 0.29) is 17.1 Å². The topological polar surface area (TPSA) is 52.6 Å². The van der Waals surface area contributed by atoms with Crippen LogP contribution >= 0.6 is 0 Å². The molecule has 0 aromatic heterocycles. The van der Waals surface area contributed by atoms with Crippen LogP contribution in [0.1, 0.15) is 52.0 Å². The number of aromatic hydroxyl groups is 1. The molecule has 22 heavy (non-hydrogen) atoms. The van der Waals surface area contributed by atoms with Gasteiger partial charge in [0.25, 0.3) is 0 Å². The molecule has 1 amide bonds. The van der Waals surface area contributed by atoms with Gasteiger partial charge in [0.15, 0.2) is 0 Å². The minimum absolute atomic E-state index is 0.0102. The highest BCUT2D eigenvalue weighted by atomic mass is 16.3. The fourth-order valence-corrected chi connectivity index (χ4v) is 2.78. The van der Waals surface area contributed by atoms with E-state index in [4.69, 9.17) is 0 Å². The van der Waals surface area contributed by atoms with Gasteiger partial charge in [0.05, 0.1) is 0 Å². The highest BCUT2D eigenvalue weighted by Gasteiger charge is 2.16. The quantitative estimate of drug-likeness (QED) is 0.895. The van der Waals surface area contributed by atoms with E-state index in [0.717, 1.165) is 25.2 Å². The Morgan fingerprint density at radius 2 is 1.86 bits per heavy atom. The monoisotopic (exact) mass is 304 g/mol. The highest BCUT2D eigenvalue weighted by Crippen LogP contribution is 2.29. The minimum atomic E-state index is -0.0635. The number of phenolic OH excluding ortho intramolecular Hbond substituents is 1. The number of nitrogens with one attached hydrogen (secondary N) is 1. The lowest BCUT2D eigenvalue weighted by Crippen LogP contribution is -2.32. The zero-order valence-electron chi connectivity index (χ0n) is 14.0. The molecular weight excluding hydrogens is 276 g/mol. The number of carbonyl (C=O) groups is 1. The normalized spacial score (nSPS) is 16.5. The Morgan fingerprint density at radius 1 is 1.18 bits per heavy atom. The number of carbonyl (C=O) groups excluding carboxylic acids is 1. The van der Waals surface area contributed by atoms with Crippen LogP contribution < -0.4 is 5.32 Å². The van der Waals surface area contributed by atoms with Crippen LogP contribution in [-0.4, -0.2) is 35.5 Å². The maximum absolute atomic E-state index is 12.1. The molecule has 0 bridgehead atoms. The van der Waals surface area contributed by atoms with Gasteiger partial charge in [-0.1, -0.05) is 27.2 Å². The molecule has 2 rings (SSSR count). The third kappa shape index (κ3) is 5.02. The summed E-state index contributed by atoms with van der Waals surface area (Å²) >= 11 is 0. The Morgan fingerprint density at radius 3 is 2.50 bits per heavy atom. The highest BCUT2D eigenvalue weighted by molar-refractivity contribution is 5.91. The van der Waals surface area contributed by atoms with Crippen molar-refractivity contribution in [2.24, 2.45) is 0 Å². The molecule has 1 aliphatic rings. The van der Waals surface area contributed by atoms with Crippen LogP contribution in [0.2, 0.25) is 0 Å². The van der Waals surface area contributed by atoms with E-state index in [1.54, 1.807) is 12.1 Å². The maximum atomic E-state index is 12.1. The number of amides is 1. The van der Waals surface area contributed by atoms with Crippen molar-refractivity contribution in [3.8, 4) is 5.75 Å². The van der Waals surface area contributed by atoms with Crippen LogP contribution in [0.4, 0.5) is 5.69 Å². The molecule has 0 atom stereocenters. The molecule has 1 aromatic carbocycles. The Bertz CT molecular complexity index is 514. The Labute approximate surface area is 133 Å². The molecule has 4 heteroatoms. The number of nitrogens with zero attached hydrogens (tertiary/aromatic N) is 1. The smallest absolute Gasteiger partial charge is 0.225 e. The van der Waals surface area contributed by atoms with Gasteiger partial charge in [-0.3, -0.25) is 4.79 Å². The Kier molecular flexibility index (Phi) is 5.46. The number of hydrogen-bond donors (Lipinski definition) is 2. The van der Waals surface area contributed by atoms with E-state index in [0.29, 0.717) is 12.1 Å². The second-order valence-electron chi connectivity index (χ2n) is 7.22. The van der Waals surface area contributed by atoms with Crippen LogP contribution in [0.15, 0.2) is 18.2 Å². The second-order valence-corrected chi connectivity index (χ2v) is 7.22. The molecule has 2 N–H and O–H groups in total. The number of anilines is 1. The van der Waals surface area contributed by atoms with Crippen molar-refractivity contribution in [3.63, 3.8) is 0 Å². The van der Waals surface area contributed by atoms with Crippen molar-refractivity contribution in [3.05, 3.63) is 23.8 Å². The van der Waals surface area contributed by atoms with Crippen LogP contribution in [0.25, 0.3) is 0 Å². The van der Waals surface area contributed by atoms with Crippen LogP contribution in [0, 0.1) is 0 Å². The van der Waals surface area contributed by atoms with Gasteiger partial charge in [-0.25, -0.2) is 0 Å². The van der Waals surface area contributed by atoms with Gasteiger partial charge in [-0.05, 0) is 49.0 Å². The van der Waals surface area contributed by atoms with Gasteiger partial charge in [-0.15, -0.1) is 0 Å². The lowest BCUT2D eigenvalue weighted by Gasteiger charge is -2.26. The van der Waals surface area contributed by atoms with E-state index < -0.39 is 0 Å². The molecule has 4 nitrogen and oxygen atoms in total. The average molecular weight is 304 g/mol. The summed E-state index contributed by atoms with van der Waals surface area (Å²) in [4.78, 5) is 14.5. The third-order valence-corrected chi connectivity index (χ3v) is 4.17. The largest absolute Gasteiger partial charge is 0.508 e. The molecule has 1 saturated heterocycles. The van der Waals surface area contributed by atoms with E-state index in [1.807, 2.05) is 6.07 Å². The summed E-state index contributed by atoms with van der Waals surface area (Å²) in [6.07, 6.45) is 4.29. The van der Waals surface area contributed by atoms with Gasteiger partial charge in [-0.2, -0.15) is 0 Å². The average Bonchev–Trinajstić information content (AvgIpc) is 2.45. The summed E-state index contributed by atoms with van der Waals surface area (Å²) in [6, 6.07) is 5.30. The molecule has 1 aromatic rings. The first-order chi connectivity index (χ1) is 10.3. The molecule has 0 spiro atoms. The van der Waals surface area contributed by atoms with Crippen molar-refractivity contribution >= 4 is 11.6 Å². The molecule has 1 heterocycles. The van der Waals surface area contributed by atoms with Crippen molar-refractivity contribution in [2.45, 2.75) is 51.9 Å². The van der Waals surface area contributed by atoms with E-state index in [2.05, 4.69) is 31.0 Å². The summed E-state index contributed by atoms with van der Waals surface area (Å²) in [5.74, 6) is 0.204. The summed E-state index contributed by atoms with van der Waals surface area (Å²) in [5.41, 5.74) is 1.62. The van der Waals surface area contributed by atoms with E-state index >= 15 is 0 Å². The maximum Gasteiger partial charge on any atom is 0.225 e. The molecule has 0 unspecified atom stereocenters. The number of phenols is 1. The summed E-state index contributed by atoms with van der Waals surface area (Å²) in [5, 5.41) is 12.8. The van der Waals surface area contributed by atoms with Gasteiger partial charge in [0, 0.05) is 24.7 Å². The number of likely N-dealkylation sites (tertiary alicyclic amines) is 1. The molecule has 0 aliphatic carbocycles. The Hall–Kier alpha value is -1.55. The van der Waals surface area contributed by atoms with E-state index in [1.165, 1.54) is 19.3 Å². The zero-order chi connectivity index (χ0) is 16.2. The van der Waals surface area contributed by atoms with Crippen LogP contribution in [0.3, 0.4) is 0 Å². The van der Waals surface area contributed by atoms with Gasteiger partial charge >= 0.3 is 0 Å². The molecule has 122 valence electrons. The van der Waals surface area contributed by atoms with Gasteiger partial charge < -0.3 is 15.3 Å². The lowest BCUT2D eigenvalue weighted by atomic mass is 9.86. The van der Waals surface area contributed by atoms with Crippen molar-refractivity contribution in [1.29, 1.82) is 0 Å². The molecular formula is C18H28N2O2. The number of rotatable bonds is 4. The predicted octanol–water partition coefficient (Wildman–Crippen LogP) is 3.50. The van der Waals surface area contributed by atoms with Crippen molar-refractivity contribution in [2.75, 3.05) is 25.0 Å².